The Morgan fingerprint density at radius 2 is 1.67 bits per heavy atom. The molecule has 1 aromatic heterocycles. The summed E-state index contributed by atoms with van der Waals surface area (Å²) in [6, 6.07) is 2.68. The molecule has 113 valence electrons. The van der Waals surface area contributed by atoms with E-state index in [1.165, 1.54) is 17.8 Å². The van der Waals surface area contributed by atoms with E-state index >= 15 is 0 Å². The maximum Gasteiger partial charge on any atom is 0.417 e. The molecule has 1 heterocycles. The van der Waals surface area contributed by atoms with Gasteiger partial charge >= 0.3 is 12.4 Å². The van der Waals surface area contributed by atoms with E-state index in [0.29, 0.717) is 12.1 Å². The molecule has 3 nitrogen and oxygen atoms in total. The molecule has 0 fully saturated rings. The van der Waals surface area contributed by atoms with E-state index in [0.717, 1.165) is 6.07 Å². The Morgan fingerprint density at radius 1 is 1.05 bits per heavy atom. The van der Waals surface area contributed by atoms with Crippen LogP contribution in [0.1, 0.15) is 11.1 Å². The van der Waals surface area contributed by atoms with Crippen molar-refractivity contribution in [3.8, 4) is 11.6 Å². The fourth-order valence-electron chi connectivity index (χ4n) is 1.60. The second kappa shape index (κ2) is 4.97. The van der Waals surface area contributed by atoms with Crippen molar-refractivity contribution in [3.05, 3.63) is 41.6 Å². The zero-order valence-electron chi connectivity index (χ0n) is 10.4. The molecule has 9 heteroatoms. The summed E-state index contributed by atoms with van der Waals surface area (Å²) in [7, 11) is 1.45. The predicted molar refractivity (Wildman–Crippen MR) is 58.6 cm³/mol. The number of hydrogen-bond acceptors (Lipinski definition) is 2. The van der Waals surface area contributed by atoms with Crippen molar-refractivity contribution >= 4 is 0 Å². The largest absolute Gasteiger partial charge is 0.439 e. The second-order valence-corrected chi connectivity index (χ2v) is 4.04. The summed E-state index contributed by atoms with van der Waals surface area (Å²) >= 11 is 0. The van der Waals surface area contributed by atoms with Crippen LogP contribution in [0.3, 0.4) is 0 Å². The fourth-order valence-corrected chi connectivity index (χ4v) is 1.60. The molecule has 0 atom stereocenters. The number of benzene rings is 1. The monoisotopic (exact) mass is 309 g/mol. The molecule has 0 aliphatic rings. The SMILES string of the molecule is Cn1n[c]cc1Oc1ccc(C(F)(F)F)c(C(F)(F)F)c1. The zero-order valence-corrected chi connectivity index (χ0v) is 10.4. The molecule has 2 rings (SSSR count). The first-order valence-corrected chi connectivity index (χ1v) is 5.45. The molecule has 0 saturated carbocycles. The minimum absolute atomic E-state index is 0.0443. The number of aromatic nitrogens is 2. The molecule has 2 aromatic rings. The van der Waals surface area contributed by atoms with Crippen LogP contribution in [0.5, 0.6) is 11.6 Å². The molecule has 0 amide bonds. The molecule has 1 aromatic carbocycles. The molecule has 1 radical (unpaired) electrons. The molecule has 21 heavy (non-hydrogen) atoms. The van der Waals surface area contributed by atoms with Crippen LogP contribution in [0, 0.1) is 6.20 Å². The van der Waals surface area contributed by atoms with Crippen molar-refractivity contribution in [1.29, 1.82) is 0 Å². The van der Waals surface area contributed by atoms with Crippen LogP contribution >= 0.6 is 0 Å². The molecule has 0 saturated heterocycles. The van der Waals surface area contributed by atoms with Crippen LogP contribution in [0.4, 0.5) is 26.3 Å². The first-order valence-electron chi connectivity index (χ1n) is 5.45. The Bertz CT molecular complexity index is 644. The van der Waals surface area contributed by atoms with Crippen LogP contribution in [0.2, 0.25) is 0 Å². The van der Waals surface area contributed by atoms with Crippen molar-refractivity contribution in [1.82, 2.24) is 9.78 Å². The highest BCUT2D eigenvalue weighted by Gasteiger charge is 2.43. The summed E-state index contributed by atoms with van der Waals surface area (Å²) in [5.41, 5.74) is -3.57. The zero-order chi connectivity index (χ0) is 15.8. The van der Waals surface area contributed by atoms with E-state index in [1.54, 1.807) is 0 Å². The maximum atomic E-state index is 12.7. The summed E-state index contributed by atoms with van der Waals surface area (Å²) < 4.78 is 82.2. The number of nitrogens with zero attached hydrogens (tertiary/aromatic N) is 2. The van der Waals surface area contributed by atoms with Crippen molar-refractivity contribution in [2.24, 2.45) is 7.05 Å². The second-order valence-electron chi connectivity index (χ2n) is 4.04. The summed E-state index contributed by atoms with van der Waals surface area (Å²) in [6.45, 7) is 0. The predicted octanol–water partition coefficient (Wildman–Crippen LogP) is 4.05. The van der Waals surface area contributed by atoms with E-state index in [1.807, 2.05) is 0 Å². The Balaban J connectivity index is 2.45. The van der Waals surface area contributed by atoms with Gasteiger partial charge in [0.1, 0.15) is 11.9 Å². The lowest BCUT2D eigenvalue weighted by Crippen LogP contribution is -2.16. The number of aryl methyl sites for hydroxylation is 1. The first-order chi connectivity index (χ1) is 9.59. The van der Waals surface area contributed by atoms with Gasteiger partial charge in [-0.15, -0.1) is 0 Å². The van der Waals surface area contributed by atoms with Gasteiger partial charge in [0.05, 0.1) is 11.1 Å². The summed E-state index contributed by atoms with van der Waals surface area (Å²) in [5, 5.41) is 3.61. The first kappa shape index (κ1) is 15.2. The van der Waals surface area contributed by atoms with Crippen molar-refractivity contribution in [3.63, 3.8) is 0 Å². The van der Waals surface area contributed by atoms with Crippen molar-refractivity contribution < 1.29 is 31.1 Å². The van der Waals surface area contributed by atoms with Gasteiger partial charge in [-0.2, -0.15) is 31.4 Å². The number of ether oxygens (including phenoxy) is 1. The normalized spacial score (nSPS) is 12.5. The van der Waals surface area contributed by atoms with Gasteiger partial charge in [0.2, 0.25) is 5.88 Å². The van der Waals surface area contributed by atoms with Gasteiger partial charge in [-0.1, -0.05) is 0 Å². The Kier molecular flexibility index (Phi) is 3.60. The quantitative estimate of drug-likeness (QED) is 0.783. The number of rotatable bonds is 2. The van der Waals surface area contributed by atoms with Crippen LogP contribution in [0.25, 0.3) is 0 Å². The standard InChI is InChI=1S/C12H7F6N2O/c1-20-10(4-5-19-20)21-7-2-3-8(11(13,14)15)9(6-7)12(16,17)18/h2-4,6H,1H3. The minimum Gasteiger partial charge on any atom is -0.439 e. The van der Waals surface area contributed by atoms with Crippen LogP contribution in [-0.4, -0.2) is 9.78 Å². The molecule has 0 unspecified atom stereocenters. The molecular weight excluding hydrogens is 302 g/mol. The number of halogens is 6. The number of hydrogen-bond donors (Lipinski definition) is 0. The van der Waals surface area contributed by atoms with Gasteiger partial charge in [-0.05, 0) is 18.2 Å². The third kappa shape index (κ3) is 3.29. The van der Waals surface area contributed by atoms with E-state index in [9.17, 15) is 26.3 Å². The van der Waals surface area contributed by atoms with Gasteiger partial charge in [0, 0.05) is 13.1 Å². The topological polar surface area (TPSA) is 27.1 Å². The average Bonchev–Trinajstić information content (AvgIpc) is 2.72. The Hall–Kier alpha value is -2.19. The van der Waals surface area contributed by atoms with E-state index < -0.39 is 23.5 Å². The molecule has 0 aliphatic carbocycles. The molecule has 0 aliphatic heterocycles. The summed E-state index contributed by atoms with van der Waals surface area (Å²) in [6.07, 6.45) is -7.87. The smallest absolute Gasteiger partial charge is 0.417 e. The number of alkyl halides is 6. The average molecular weight is 309 g/mol. The lowest BCUT2D eigenvalue weighted by atomic mass is 10.1. The fraction of sp³-hybridized carbons (Fsp3) is 0.250. The molecule has 0 N–H and O–H groups in total. The van der Waals surface area contributed by atoms with Gasteiger partial charge in [0.25, 0.3) is 0 Å². The highest BCUT2D eigenvalue weighted by molar-refractivity contribution is 5.40. The molecule has 0 bridgehead atoms. The lowest BCUT2D eigenvalue weighted by Gasteiger charge is -2.16. The van der Waals surface area contributed by atoms with E-state index in [-0.39, 0.29) is 11.6 Å². The van der Waals surface area contributed by atoms with Gasteiger partial charge < -0.3 is 4.74 Å². The summed E-state index contributed by atoms with van der Waals surface area (Å²) in [4.78, 5) is 0. The third-order valence-corrected chi connectivity index (χ3v) is 2.54. The molecule has 0 spiro atoms. The minimum atomic E-state index is -5.15. The Labute approximate surface area is 114 Å². The van der Waals surface area contributed by atoms with E-state index in [4.69, 9.17) is 4.74 Å². The Morgan fingerprint density at radius 3 is 2.14 bits per heavy atom. The summed E-state index contributed by atoms with van der Waals surface area (Å²) in [5.74, 6) is -0.338. The molecular formula is C12H7F6N2O. The van der Waals surface area contributed by atoms with Crippen molar-refractivity contribution in [2.45, 2.75) is 12.4 Å². The van der Waals surface area contributed by atoms with Crippen LogP contribution < -0.4 is 4.74 Å². The van der Waals surface area contributed by atoms with E-state index in [2.05, 4.69) is 11.3 Å². The van der Waals surface area contributed by atoms with Gasteiger partial charge in [-0.25, -0.2) is 4.68 Å². The van der Waals surface area contributed by atoms with Crippen LogP contribution in [0.15, 0.2) is 24.3 Å². The highest BCUT2D eigenvalue weighted by atomic mass is 19.4. The lowest BCUT2D eigenvalue weighted by molar-refractivity contribution is -0.162. The van der Waals surface area contributed by atoms with Crippen LogP contribution in [-0.2, 0) is 19.4 Å². The third-order valence-electron chi connectivity index (χ3n) is 2.54. The maximum absolute atomic E-state index is 12.7. The van der Waals surface area contributed by atoms with Crippen molar-refractivity contribution in [2.75, 3.05) is 0 Å². The highest BCUT2D eigenvalue weighted by Crippen LogP contribution is 2.42. The van der Waals surface area contributed by atoms with Gasteiger partial charge in [0.15, 0.2) is 0 Å². The van der Waals surface area contributed by atoms with Gasteiger partial charge in [-0.3, -0.25) is 0 Å².